The Morgan fingerprint density at radius 1 is 1.06 bits per heavy atom. The smallest absolute Gasteiger partial charge is 0.253 e. The lowest BCUT2D eigenvalue weighted by Crippen LogP contribution is -2.27. The third-order valence-electron chi connectivity index (χ3n) is 5.56. The molecule has 1 saturated heterocycles. The Kier molecular flexibility index (Phi) is 6.84. The number of likely N-dealkylation sites (tertiary alicyclic amines) is 1. The summed E-state index contributed by atoms with van der Waals surface area (Å²) >= 11 is 6.38. The molecule has 8 nitrogen and oxygen atoms in total. The van der Waals surface area contributed by atoms with Gasteiger partial charge in [0.2, 0.25) is 17.7 Å². The van der Waals surface area contributed by atoms with Gasteiger partial charge in [0.15, 0.2) is 0 Å². The van der Waals surface area contributed by atoms with Crippen LogP contribution in [0.15, 0.2) is 48.5 Å². The van der Waals surface area contributed by atoms with Gasteiger partial charge in [-0.3, -0.25) is 4.79 Å². The lowest BCUT2D eigenvalue weighted by Gasteiger charge is -2.25. The maximum absolute atomic E-state index is 12.7. The van der Waals surface area contributed by atoms with E-state index in [-0.39, 0.29) is 18.2 Å². The number of amides is 1. The van der Waals surface area contributed by atoms with Gasteiger partial charge in [-0.15, -0.1) is 0 Å². The molecule has 0 atom stereocenters. The molecule has 1 amide bonds. The van der Waals surface area contributed by atoms with Crippen molar-refractivity contribution in [2.75, 3.05) is 32.2 Å². The van der Waals surface area contributed by atoms with Gasteiger partial charge in [-0.25, -0.2) is 0 Å². The summed E-state index contributed by atoms with van der Waals surface area (Å²) in [5, 5.41) is 10.8. The van der Waals surface area contributed by atoms with E-state index in [4.69, 9.17) is 21.1 Å². The monoisotopic (exact) mass is 468 g/mol. The number of carbonyl (C=O) groups is 1. The van der Waals surface area contributed by atoms with Gasteiger partial charge in [-0.05, 0) is 49.2 Å². The van der Waals surface area contributed by atoms with Gasteiger partial charge in [0.05, 0.1) is 26.8 Å². The number of hydrogen-bond acceptors (Lipinski definition) is 7. The van der Waals surface area contributed by atoms with E-state index in [9.17, 15) is 9.90 Å². The molecule has 1 aliphatic heterocycles. The van der Waals surface area contributed by atoms with Crippen molar-refractivity contribution < 1.29 is 19.4 Å². The maximum atomic E-state index is 12.7. The zero-order valence-corrected chi connectivity index (χ0v) is 19.2. The fourth-order valence-corrected chi connectivity index (χ4v) is 3.98. The van der Waals surface area contributed by atoms with Crippen LogP contribution in [0.5, 0.6) is 17.5 Å². The number of anilines is 2. The van der Waals surface area contributed by atoms with Gasteiger partial charge in [0.1, 0.15) is 5.75 Å². The zero-order chi connectivity index (χ0) is 23.4. The second-order valence-corrected chi connectivity index (χ2v) is 8.03. The Labute approximate surface area is 197 Å². The second kappa shape index (κ2) is 9.95. The minimum atomic E-state index is 0.0219. The van der Waals surface area contributed by atoms with Crippen LogP contribution in [0, 0.1) is 0 Å². The molecule has 3 aromatic rings. The van der Waals surface area contributed by atoms with E-state index in [2.05, 4.69) is 9.97 Å². The molecule has 1 aliphatic rings. The number of halogens is 1. The van der Waals surface area contributed by atoms with Crippen molar-refractivity contribution in [2.45, 2.75) is 19.4 Å². The SMILES string of the molecule is COc1cc(OC)nc(N(Cc2c(O)cccc2Cl)c2ccc(C(=O)N3CCCC3)cc2)n1. The predicted molar refractivity (Wildman–Crippen MR) is 126 cm³/mol. The Morgan fingerprint density at radius 2 is 1.70 bits per heavy atom. The lowest BCUT2D eigenvalue weighted by molar-refractivity contribution is 0.0793. The first-order valence-corrected chi connectivity index (χ1v) is 11.0. The van der Waals surface area contributed by atoms with Gasteiger partial charge in [0.25, 0.3) is 5.91 Å². The number of hydrogen-bond donors (Lipinski definition) is 1. The number of methoxy groups -OCH3 is 2. The lowest BCUT2D eigenvalue weighted by atomic mass is 10.1. The van der Waals surface area contributed by atoms with Crippen LogP contribution in [0.1, 0.15) is 28.8 Å². The van der Waals surface area contributed by atoms with E-state index in [0.717, 1.165) is 25.9 Å². The van der Waals surface area contributed by atoms with E-state index in [0.29, 0.717) is 39.5 Å². The van der Waals surface area contributed by atoms with Crippen LogP contribution < -0.4 is 14.4 Å². The van der Waals surface area contributed by atoms with Crippen molar-refractivity contribution in [3.8, 4) is 17.5 Å². The molecule has 4 rings (SSSR count). The van der Waals surface area contributed by atoms with Crippen molar-refractivity contribution in [1.29, 1.82) is 0 Å². The fraction of sp³-hybridized carbons (Fsp3) is 0.292. The normalized spacial score (nSPS) is 13.1. The topological polar surface area (TPSA) is 88.0 Å². The van der Waals surface area contributed by atoms with Crippen molar-refractivity contribution >= 4 is 29.1 Å². The molecule has 1 N–H and O–H groups in total. The van der Waals surface area contributed by atoms with Crippen molar-refractivity contribution in [3.05, 3.63) is 64.7 Å². The molecule has 9 heteroatoms. The van der Waals surface area contributed by atoms with E-state index in [1.165, 1.54) is 14.2 Å². The van der Waals surface area contributed by atoms with Gasteiger partial charge in [-0.2, -0.15) is 9.97 Å². The highest BCUT2D eigenvalue weighted by Crippen LogP contribution is 2.33. The molecule has 0 saturated carbocycles. The molecule has 172 valence electrons. The number of phenols is 1. The van der Waals surface area contributed by atoms with Crippen molar-refractivity contribution in [2.24, 2.45) is 0 Å². The van der Waals surface area contributed by atoms with Crippen LogP contribution >= 0.6 is 11.6 Å². The van der Waals surface area contributed by atoms with E-state index in [1.807, 2.05) is 17.0 Å². The second-order valence-electron chi connectivity index (χ2n) is 7.62. The molecule has 0 bridgehead atoms. The van der Waals surface area contributed by atoms with E-state index >= 15 is 0 Å². The van der Waals surface area contributed by atoms with Crippen LogP contribution in [0.3, 0.4) is 0 Å². The molecule has 0 spiro atoms. The standard InChI is InChI=1S/C24H25ClN4O4/c1-32-21-14-22(33-2)27-24(26-21)29(15-18-19(25)6-5-7-20(18)30)17-10-8-16(9-11-17)23(31)28-12-3-4-13-28/h5-11,14,30H,3-4,12-13,15H2,1-2H3. The Hall–Kier alpha value is -3.52. The Morgan fingerprint density at radius 3 is 2.27 bits per heavy atom. The molecule has 0 unspecified atom stereocenters. The number of aromatic hydroxyl groups is 1. The third kappa shape index (κ3) is 4.96. The summed E-state index contributed by atoms with van der Waals surface area (Å²) in [6.07, 6.45) is 2.07. The van der Waals surface area contributed by atoms with Crippen LogP contribution in [0.25, 0.3) is 0 Å². The molecular weight excluding hydrogens is 444 g/mol. The number of rotatable bonds is 7. The largest absolute Gasteiger partial charge is 0.508 e. The first-order chi connectivity index (χ1) is 16.0. The Balaban J connectivity index is 1.73. The third-order valence-corrected chi connectivity index (χ3v) is 5.91. The first-order valence-electron chi connectivity index (χ1n) is 10.6. The fourth-order valence-electron chi connectivity index (χ4n) is 3.75. The molecular formula is C24H25ClN4O4. The molecule has 0 aliphatic carbocycles. The van der Waals surface area contributed by atoms with Gasteiger partial charge in [0, 0.05) is 34.9 Å². The van der Waals surface area contributed by atoms with Gasteiger partial charge in [-0.1, -0.05) is 17.7 Å². The summed E-state index contributed by atoms with van der Waals surface area (Å²) in [6, 6.07) is 13.8. The number of nitrogens with zero attached hydrogens (tertiary/aromatic N) is 4. The highest BCUT2D eigenvalue weighted by atomic mass is 35.5. The van der Waals surface area contributed by atoms with Gasteiger partial charge >= 0.3 is 0 Å². The summed E-state index contributed by atoms with van der Waals surface area (Å²) in [5.41, 5.74) is 1.84. The van der Waals surface area contributed by atoms with Gasteiger partial charge < -0.3 is 24.4 Å². The molecule has 0 radical (unpaired) electrons. The number of aromatic nitrogens is 2. The zero-order valence-electron chi connectivity index (χ0n) is 18.5. The number of phenolic OH excluding ortho intramolecular Hbond substituents is 1. The highest BCUT2D eigenvalue weighted by molar-refractivity contribution is 6.31. The number of ether oxygens (including phenoxy) is 2. The molecule has 1 aromatic heterocycles. The minimum Gasteiger partial charge on any atom is -0.508 e. The summed E-state index contributed by atoms with van der Waals surface area (Å²) in [5.74, 6) is 1.03. The van der Waals surface area contributed by atoms with E-state index < -0.39 is 0 Å². The van der Waals surface area contributed by atoms with Crippen molar-refractivity contribution in [3.63, 3.8) is 0 Å². The number of carbonyl (C=O) groups excluding carboxylic acids is 1. The van der Waals surface area contributed by atoms with Crippen LogP contribution in [-0.4, -0.2) is 53.2 Å². The van der Waals surface area contributed by atoms with Crippen LogP contribution in [-0.2, 0) is 6.54 Å². The molecule has 2 heterocycles. The molecule has 1 fully saturated rings. The Bertz CT molecular complexity index is 1090. The van der Waals surface area contributed by atoms with E-state index in [1.54, 1.807) is 41.3 Å². The van der Waals surface area contributed by atoms with Crippen LogP contribution in [0.2, 0.25) is 5.02 Å². The summed E-state index contributed by atoms with van der Waals surface area (Å²) in [7, 11) is 3.02. The average Bonchev–Trinajstić information content (AvgIpc) is 3.38. The quantitative estimate of drug-likeness (QED) is 0.548. The molecule has 2 aromatic carbocycles. The van der Waals surface area contributed by atoms with Crippen LogP contribution in [0.4, 0.5) is 11.6 Å². The predicted octanol–water partition coefficient (Wildman–Crippen LogP) is 4.43. The number of benzene rings is 2. The first kappa shape index (κ1) is 22.7. The summed E-state index contributed by atoms with van der Waals surface area (Å²) in [6.45, 7) is 1.76. The minimum absolute atomic E-state index is 0.0219. The summed E-state index contributed by atoms with van der Waals surface area (Å²) < 4.78 is 10.6. The summed E-state index contributed by atoms with van der Waals surface area (Å²) in [4.78, 5) is 25.3. The molecule has 33 heavy (non-hydrogen) atoms. The highest BCUT2D eigenvalue weighted by Gasteiger charge is 2.22. The average molecular weight is 469 g/mol. The maximum Gasteiger partial charge on any atom is 0.253 e. The van der Waals surface area contributed by atoms with Crippen molar-refractivity contribution in [1.82, 2.24) is 14.9 Å².